The summed E-state index contributed by atoms with van der Waals surface area (Å²) in [7, 11) is 0. The van der Waals surface area contributed by atoms with E-state index in [-0.39, 0.29) is 0 Å². The molecule has 0 radical (unpaired) electrons. The van der Waals surface area contributed by atoms with E-state index in [2.05, 4.69) is 36.7 Å². The van der Waals surface area contributed by atoms with Crippen molar-refractivity contribution in [3.05, 3.63) is 47.9 Å². The van der Waals surface area contributed by atoms with E-state index in [9.17, 15) is 0 Å². The van der Waals surface area contributed by atoms with Crippen LogP contribution in [0.25, 0.3) is 22.2 Å². The smallest absolute Gasteiger partial charge is 0.0349 e. The first-order valence-electron chi connectivity index (χ1n) is 4.11. The Morgan fingerprint density at radius 2 is 1.77 bits per heavy atom. The maximum atomic E-state index is 3.79. The molecule has 0 N–H and O–H groups in total. The number of thiophene rings is 1. The monoisotopic (exact) mass is 186 g/mol. The fourth-order valence-electron chi connectivity index (χ4n) is 1.40. The second kappa shape index (κ2) is 3.19. The van der Waals surface area contributed by atoms with Crippen molar-refractivity contribution in [2.75, 3.05) is 0 Å². The van der Waals surface area contributed by atoms with Crippen molar-refractivity contribution >= 4 is 33.6 Å². The Balaban J connectivity index is 2.80. The number of fused-ring (bicyclic) bond motifs is 1. The van der Waals surface area contributed by atoms with Crippen molar-refractivity contribution in [2.24, 2.45) is 0 Å². The fourth-order valence-corrected chi connectivity index (χ4v) is 2.22. The van der Waals surface area contributed by atoms with Crippen LogP contribution in [0.2, 0.25) is 0 Å². The first-order valence-corrected chi connectivity index (χ1v) is 4.99. The first kappa shape index (κ1) is 8.27. The lowest BCUT2D eigenvalue weighted by Gasteiger charge is -2.00. The van der Waals surface area contributed by atoms with Crippen LogP contribution in [0.5, 0.6) is 0 Å². The average molecular weight is 186 g/mol. The number of rotatable bonds is 2. The van der Waals surface area contributed by atoms with Gasteiger partial charge in [0.05, 0.1) is 0 Å². The topological polar surface area (TPSA) is 0 Å². The van der Waals surface area contributed by atoms with Crippen LogP contribution in [-0.4, -0.2) is 0 Å². The molecular formula is C12H10S. The normalized spacial score (nSPS) is 10.2. The Kier molecular flexibility index (Phi) is 2.03. The van der Waals surface area contributed by atoms with Gasteiger partial charge in [-0.2, -0.15) is 0 Å². The summed E-state index contributed by atoms with van der Waals surface area (Å²) in [5, 5.41) is 3.38. The molecule has 0 saturated heterocycles. The van der Waals surface area contributed by atoms with Gasteiger partial charge in [0, 0.05) is 4.70 Å². The van der Waals surface area contributed by atoms with Gasteiger partial charge in [-0.25, -0.2) is 0 Å². The standard InChI is InChI=1S/C12H10S/c1-3-9-7-11-5-6-13-12(11)8-10(9)4-2/h3-8H,1-2H2. The van der Waals surface area contributed by atoms with E-state index >= 15 is 0 Å². The molecule has 0 saturated carbocycles. The van der Waals surface area contributed by atoms with Crippen LogP contribution < -0.4 is 0 Å². The van der Waals surface area contributed by atoms with E-state index in [1.807, 2.05) is 12.2 Å². The van der Waals surface area contributed by atoms with Gasteiger partial charge in [-0.1, -0.05) is 25.3 Å². The van der Waals surface area contributed by atoms with Crippen molar-refractivity contribution in [1.82, 2.24) is 0 Å². The van der Waals surface area contributed by atoms with Gasteiger partial charge in [0.15, 0.2) is 0 Å². The molecule has 0 aliphatic carbocycles. The Morgan fingerprint density at radius 1 is 1.08 bits per heavy atom. The van der Waals surface area contributed by atoms with Crippen molar-refractivity contribution in [2.45, 2.75) is 0 Å². The van der Waals surface area contributed by atoms with Crippen LogP contribution in [0, 0.1) is 0 Å². The molecule has 2 aromatic rings. The molecule has 0 atom stereocenters. The predicted octanol–water partition coefficient (Wildman–Crippen LogP) is 4.19. The van der Waals surface area contributed by atoms with Gasteiger partial charge < -0.3 is 0 Å². The molecule has 1 aromatic heterocycles. The quantitative estimate of drug-likeness (QED) is 0.659. The molecule has 2 rings (SSSR count). The molecular weight excluding hydrogens is 176 g/mol. The predicted molar refractivity (Wildman–Crippen MR) is 62.0 cm³/mol. The summed E-state index contributed by atoms with van der Waals surface area (Å²) in [5.74, 6) is 0. The van der Waals surface area contributed by atoms with Crippen molar-refractivity contribution in [3.63, 3.8) is 0 Å². The molecule has 1 aromatic carbocycles. The molecule has 0 unspecified atom stereocenters. The molecule has 1 heterocycles. The minimum absolute atomic E-state index is 1.15. The highest BCUT2D eigenvalue weighted by Crippen LogP contribution is 2.25. The Labute approximate surface area is 81.8 Å². The van der Waals surface area contributed by atoms with Gasteiger partial charge in [-0.05, 0) is 40.1 Å². The summed E-state index contributed by atoms with van der Waals surface area (Å²) in [4.78, 5) is 0. The highest BCUT2D eigenvalue weighted by atomic mass is 32.1. The van der Waals surface area contributed by atoms with Crippen LogP contribution >= 0.6 is 11.3 Å². The summed E-state index contributed by atoms with van der Waals surface area (Å²) >= 11 is 1.75. The third-order valence-corrected chi connectivity index (χ3v) is 2.98. The zero-order valence-electron chi connectivity index (χ0n) is 7.29. The average Bonchev–Trinajstić information content (AvgIpc) is 2.62. The van der Waals surface area contributed by atoms with Gasteiger partial charge in [-0.15, -0.1) is 11.3 Å². The highest BCUT2D eigenvalue weighted by molar-refractivity contribution is 7.17. The highest BCUT2D eigenvalue weighted by Gasteiger charge is 1.99. The van der Waals surface area contributed by atoms with Gasteiger partial charge in [0.2, 0.25) is 0 Å². The molecule has 0 fully saturated rings. The van der Waals surface area contributed by atoms with E-state index in [0.717, 1.165) is 11.1 Å². The Bertz CT molecular complexity index is 421. The first-order chi connectivity index (χ1) is 6.35. The molecule has 0 aliphatic heterocycles. The second-order valence-electron chi connectivity index (χ2n) is 2.85. The van der Waals surface area contributed by atoms with Gasteiger partial charge in [0.1, 0.15) is 0 Å². The second-order valence-corrected chi connectivity index (χ2v) is 3.80. The fraction of sp³-hybridized carbons (Fsp3) is 0. The lowest BCUT2D eigenvalue weighted by Crippen LogP contribution is -1.78. The van der Waals surface area contributed by atoms with Crippen molar-refractivity contribution in [1.29, 1.82) is 0 Å². The number of hydrogen-bond donors (Lipinski definition) is 0. The molecule has 0 aliphatic rings. The van der Waals surface area contributed by atoms with Gasteiger partial charge >= 0.3 is 0 Å². The maximum Gasteiger partial charge on any atom is 0.0349 e. The molecule has 1 heteroatoms. The van der Waals surface area contributed by atoms with E-state index in [1.165, 1.54) is 10.1 Å². The number of benzene rings is 1. The van der Waals surface area contributed by atoms with Crippen molar-refractivity contribution < 1.29 is 0 Å². The van der Waals surface area contributed by atoms with Gasteiger partial charge in [0.25, 0.3) is 0 Å². The Morgan fingerprint density at radius 3 is 2.46 bits per heavy atom. The summed E-state index contributed by atoms with van der Waals surface area (Å²) in [6.45, 7) is 7.57. The zero-order chi connectivity index (χ0) is 9.26. The summed E-state index contributed by atoms with van der Waals surface area (Å²) in [6, 6.07) is 6.43. The summed E-state index contributed by atoms with van der Waals surface area (Å²) in [5.41, 5.74) is 2.31. The van der Waals surface area contributed by atoms with Gasteiger partial charge in [-0.3, -0.25) is 0 Å². The van der Waals surface area contributed by atoms with Crippen LogP contribution in [-0.2, 0) is 0 Å². The maximum absolute atomic E-state index is 3.79. The van der Waals surface area contributed by atoms with E-state index in [0.29, 0.717) is 0 Å². The Hall–Kier alpha value is -1.34. The molecule has 0 amide bonds. The molecule has 64 valence electrons. The lowest BCUT2D eigenvalue weighted by molar-refractivity contribution is 1.71. The molecule has 0 bridgehead atoms. The minimum Gasteiger partial charge on any atom is -0.144 e. The summed E-state index contributed by atoms with van der Waals surface area (Å²) < 4.78 is 1.31. The van der Waals surface area contributed by atoms with Crippen LogP contribution in [0.3, 0.4) is 0 Å². The third-order valence-electron chi connectivity index (χ3n) is 2.10. The molecule has 0 nitrogen and oxygen atoms in total. The lowest BCUT2D eigenvalue weighted by atomic mass is 10.1. The van der Waals surface area contributed by atoms with E-state index < -0.39 is 0 Å². The minimum atomic E-state index is 1.15. The van der Waals surface area contributed by atoms with E-state index in [1.54, 1.807) is 11.3 Å². The molecule has 13 heavy (non-hydrogen) atoms. The van der Waals surface area contributed by atoms with E-state index in [4.69, 9.17) is 0 Å². The summed E-state index contributed by atoms with van der Waals surface area (Å²) in [6.07, 6.45) is 3.74. The zero-order valence-corrected chi connectivity index (χ0v) is 8.10. The molecule has 0 spiro atoms. The SMILES string of the molecule is C=Cc1cc2ccsc2cc1C=C. The van der Waals surface area contributed by atoms with Crippen LogP contribution in [0.1, 0.15) is 11.1 Å². The van der Waals surface area contributed by atoms with Crippen molar-refractivity contribution in [3.8, 4) is 0 Å². The third kappa shape index (κ3) is 1.31. The number of hydrogen-bond acceptors (Lipinski definition) is 1. The van der Waals surface area contributed by atoms with Crippen LogP contribution in [0.15, 0.2) is 36.7 Å². The van der Waals surface area contributed by atoms with Crippen LogP contribution in [0.4, 0.5) is 0 Å². The largest absolute Gasteiger partial charge is 0.144 e.